The normalized spacial score (nSPS) is 11.6. The standard InChI is InChI=1S/C13H17BrCl2O/c1-3-13(4-2,8-14)9-17-12-7-10(15)5-6-11(12)16/h5-7H,3-4,8-9H2,1-2H3. The molecular formula is C13H17BrCl2O. The first-order chi connectivity index (χ1) is 8.06. The maximum atomic E-state index is 6.06. The van der Waals surface area contributed by atoms with Gasteiger partial charge in [-0.15, -0.1) is 0 Å². The summed E-state index contributed by atoms with van der Waals surface area (Å²) in [5, 5.41) is 2.16. The first kappa shape index (κ1) is 15.1. The number of halogens is 3. The van der Waals surface area contributed by atoms with Crippen molar-refractivity contribution in [2.45, 2.75) is 26.7 Å². The predicted octanol–water partition coefficient (Wildman–Crippen LogP) is 5.57. The summed E-state index contributed by atoms with van der Waals surface area (Å²) in [7, 11) is 0. The van der Waals surface area contributed by atoms with E-state index in [0.717, 1.165) is 18.2 Å². The van der Waals surface area contributed by atoms with Crippen LogP contribution < -0.4 is 4.74 Å². The fourth-order valence-electron chi connectivity index (χ4n) is 1.50. The highest BCUT2D eigenvalue weighted by atomic mass is 79.9. The van der Waals surface area contributed by atoms with Crippen molar-refractivity contribution in [2.24, 2.45) is 5.41 Å². The second-order valence-electron chi connectivity index (χ2n) is 4.20. The van der Waals surface area contributed by atoms with Gasteiger partial charge in [0.25, 0.3) is 0 Å². The molecule has 1 aromatic rings. The van der Waals surface area contributed by atoms with Crippen LogP contribution in [0.2, 0.25) is 10.0 Å². The lowest BCUT2D eigenvalue weighted by Gasteiger charge is -2.29. The van der Waals surface area contributed by atoms with Crippen molar-refractivity contribution in [3.63, 3.8) is 0 Å². The Hall–Kier alpha value is 0.0800. The van der Waals surface area contributed by atoms with Crippen LogP contribution in [0, 0.1) is 5.41 Å². The van der Waals surface area contributed by atoms with Gasteiger partial charge in [0.1, 0.15) is 5.75 Å². The first-order valence-corrected chi connectivity index (χ1v) is 7.58. The van der Waals surface area contributed by atoms with E-state index >= 15 is 0 Å². The zero-order valence-electron chi connectivity index (χ0n) is 10.1. The van der Waals surface area contributed by atoms with Crippen LogP contribution >= 0.6 is 39.1 Å². The first-order valence-electron chi connectivity index (χ1n) is 5.70. The van der Waals surface area contributed by atoms with Crippen molar-refractivity contribution >= 4 is 39.1 Å². The van der Waals surface area contributed by atoms with Gasteiger partial charge < -0.3 is 4.74 Å². The van der Waals surface area contributed by atoms with E-state index < -0.39 is 0 Å². The molecule has 1 rings (SSSR count). The third kappa shape index (κ3) is 4.04. The number of benzene rings is 1. The molecule has 4 heteroatoms. The van der Waals surface area contributed by atoms with Gasteiger partial charge >= 0.3 is 0 Å². The molecule has 0 radical (unpaired) electrons. The van der Waals surface area contributed by atoms with Gasteiger partial charge in [-0.2, -0.15) is 0 Å². The lowest BCUT2D eigenvalue weighted by atomic mass is 9.86. The van der Waals surface area contributed by atoms with Crippen LogP contribution in [0.5, 0.6) is 5.75 Å². The van der Waals surface area contributed by atoms with Gasteiger partial charge in [0, 0.05) is 21.8 Å². The van der Waals surface area contributed by atoms with E-state index in [-0.39, 0.29) is 5.41 Å². The molecule has 0 saturated carbocycles. The van der Waals surface area contributed by atoms with Crippen LogP contribution in [0.15, 0.2) is 18.2 Å². The molecule has 1 nitrogen and oxygen atoms in total. The summed E-state index contributed by atoms with van der Waals surface area (Å²) in [4.78, 5) is 0. The summed E-state index contributed by atoms with van der Waals surface area (Å²) in [6, 6.07) is 5.27. The van der Waals surface area contributed by atoms with Crippen LogP contribution in [-0.4, -0.2) is 11.9 Å². The average Bonchev–Trinajstić information content (AvgIpc) is 2.35. The molecular weight excluding hydrogens is 323 g/mol. The Bertz CT molecular complexity index is 356. The fourth-order valence-corrected chi connectivity index (χ4v) is 2.79. The molecule has 0 heterocycles. The molecule has 0 bridgehead atoms. The fraction of sp³-hybridized carbons (Fsp3) is 0.538. The Morgan fingerprint density at radius 1 is 1.24 bits per heavy atom. The van der Waals surface area contributed by atoms with E-state index in [1.807, 2.05) is 0 Å². The molecule has 0 N–H and O–H groups in total. The van der Waals surface area contributed by atoms with Crippen molar-refractivity contribution in [3.8, 4) is 5.75 Å². The summed E-state index contributed by atoms with van der Waals surface area (Å²) in [6.45, 7) is 4.99. The number of rotatable bonds is 6. The minimum absolute atomic E-state index is 0.158. The Balaban J connectivity index is 2.75. The quantitative estimate of drug-likeness (QED) is 0.615. The minimum Gasteiger partial charge on any atom is -0.491 e. The Labute approximate surface area is 122 Å². The molecule has 0 unspecified atom stereocenters. The second kappa shape index (κ2) is 6.86. The Morgan fingerprint density at radius 3 is 2.41 bits per heavy atom. The van der Waals surface area contributed by atoms with E-state index in [0.29, 0.717) is 22.4 Å². The van der Waals surface area contributed by atoms with Gasteiger partial charge in [-0.05, 0) is 25.0 Å². The molecule has 0 aliphatic carbocycles. The zero-order valence-corrected chi connectivity index (χ0v) is 13.2. The number of alkyl halides is 1. The van der Waals surface area contributed by atoms with Crippen LogP contribution in [0.25, 0.3) is 0 Å². The third-order valence-electron chi connectivity index (χ3n) is 3.21. The van der Waals surface area contributed by atoms with E-state index in [1.165, 1.54) is 0 Å². The van der Waals surface area contributed by atoms with Gasteiger partial charge in [-0.25, -0.2) is 0 Å². The third-order valence-corrected chi connectivity index (χ3v) is 4.95. The topological polar surface area (TPSA) is 9.23 Å². The van der Waals surface area contributed by atoms with Gasteiger partial charge in [-0.1, -0.05) is 53.0 Å². The largest absolute Gasteiger partial charge is 0.491 e. The lowest BCUT2D eigenvalue weighted by Crippen LogP contribution is -2.29. The van der Waals surface area contributed by atoms with Crippen LogP contribution in [0.1, 0.15) is 26.7 Å². The smallest absolute Gasteiger partial charge is 0.139 e. The van der Waals surface area contributed by atoms with Crippen LogP contribution in [0.4, 0.5) is 0 Å². The molecule has 17 heavy (non-hydrogen) atoms. The Morgan fingerprint density at radius 2 is 1.88 bits per heavy atom. The van der Waals surface area contributed by atoms with Crippen molar-refractivity contribution in [1.29, 1.82) is 0 Å². The minimum atomic E-state index is 0.158. The number of ether oxygens (including phenoxy) is 1. The van der Waals surface area contributed by atoms with E-state index in [1.54, 1.807) is 18.2 Å². The second-order valence-corrected chi connectivity index (χ2v) is 5.61. The highest BCUT2D eigenvalue weighted by Gasteiger charge is 2.26. The van der Waals surface area contributed by atoms with Crippen molar-refractivity contribution in [3.05, 3.63) is 28.2 Å². The van der Waals surface area contributed by atoms with Gasteiger partial charge in [-0.3, -0.25) is 0 Å². The lowest BCUT2D eigenvalue weighted by molar-refractivity contribution is 0.158. The number of hydrogen-bond donors (Lipinski definition) is 0. The Kier molecular flexibility index (Phi) is 6.11. The monoisotopic (exact) mass is 338 g/mol. The molecule has 0 aliphatic rings. The summed E-state index contributed by atoms with van der Waals surface area (Å²) in [6.07, 6.45) is 2.12. The summed E-state index contributed by atoms with van der Waals surface area (Å²) >= 11 is 15.5. The highest BCUT2D eigenvalue weighted by Crippen LogP contribution is 2.33. The SMILES string of the molecule is CCC(CC)(CBr)COc1cc(Cl)ccc1Cl. The maximum absolute atomic E-state index is 6.06. The van der Waals surface area contributed by atoms with Gasteiger partial charge in [0.05, 0.1) is 11.6 Å². The van der Waals surface area contributed by atoms with Gasteiger partial charge in [0.2, 0.25) is 0 Å². The maximum Gasteiger partial charge on any atom is 0.139 e. The molecule has 0 saturated heterocycles. The summed E-state index contributed by atoms with van der Waals surface area (Å²) < 4.78 is 5.81. The molecule has 0 atom stereocenters. The van der Waals surface area contributed by atoms with Crippen LogP contribution in [0.3, 0.4) is 0 Å². The van der Waals surface area contributed by atoms with E-state index in [4.69, 9.17) is 27.9 Å². The molecule has 0 amide bonds. The predicted molar refractivity (Wildman–Crippen MR) is 78.8 cm³/mol. The molecule has 0 spiro atoms. The molecule has 0 aromatic heterocycles. The van der Waals surface area contributed by atoms with Crippen molar-refractivity contribution in [2.75, 3.05) is 11.9 Å². The number of hydrogen-bond acceptors (Lipinski definition) is 1. The zero-order chi connectivity index (χ0) is 12.9. The average molecular weight is 340 g/mol. The highest BCUT2D eigenvalue weighted by molar-refractivity contribution is 9.09. The summed E-state index contributed by atoms with van der Waals surface area (Å²) in [5.74, 6) is 0.659. The molecule has 1 aromatic carbocycles. The van der Waals surface area contributed by atoms with Crippen molar-refractivity contribution < 1.29 is 4.74 Å². The van der Waals surface area contributed by atoms with Crippen LogP contribution in [-0.2, 0) is 0 Å². The van der Waals surface area contributed by atoms with E-state index in [2.05, 4.69) is 29.8 Å². The molecule has 0 aliphatic heterocycles. The molecule has 96 valence electrons. The van der Waals surface area contributed by atoms with E-state index in [9.17, 15) is 0 Å². The van der Waals surface area contributed by atoms with Gasteiger partial charge in [0.15, 0.2) is 0 Å². The molecule has 0 fully saturated rings. The van der Waals surface area contributed by atoms with Crippen molar-refractivity contribution in [1.82, 2.24) is 0 Å². The summed E-state index contributed by atoms with van der Waals surface area (Å²) in [5.41, 5.74) is 0.158.